The zero-order valence-electron chi connectivity index (χ0n) is 10.7. The van der Waals surface area contributed by atoms with E-state index >= 15 is 0 Å². The van der Waals surface area contributed by atoms with Crippen LogP contribution in [0.25, 0.3) is 0 Å². The van der Waals surface area contributed by atoms with Gasteiger partial charge in [0.25, 0.3) is 5.69 Å². The second-order valence-corrected chi connectivity index (χ2v) is 4.47. The summed E-state index contributed by atoms with van der Waals surface area (Å²) in [6.45, 7) is 0. The van der Waals surface area contributed by atoms with Gasteiger partial charge in [-0.25, -0.2) is 15.8 Å². The van der Waals surface area contributed by atoms with Gasteiger partial charge in [0, 0.05) is 6.07 Å². The van der Waals surface area contributed by atoms with E-state index in [1.165, 1.54) is 31.6 Å². The molecule has 1 aromatic carbocycles. The number of anilines is 1. The fraction of sp³-hybridized carbons (Fsp3) is 0.0909. The van der Waals surface area contributed by atoms with Crippen LogP contribution in [0, 0.1) is 10.1 Å². The third-order valence-corrected chi connectivity index (χ3v) is 3.17. The minimum atomic E-state index is -0.524. The lowest BCUT2D eigenvalue weighted by Crippen LogP contribution is -2.10. The van der Waals surface area contributed by atoms with Gasteiger partial charge in [-0.05, 0) is 22.0 Å². The van der Waals surface area contributed by atoms with Crippen molar-refractivity contribution in [3.8, 4) is 17.4 Å². The lowest BCUT2D eigenvalue weighted by atomic mass is 10.3. The summed E-state index contributed by atoms with van der Waals surface area (Å²) in [6, 6.07) is 3.97. The van der Waals surface area contributed by atoms with Crippen LogP contribution < -0.4 is 20.7 Å². The third kappa shape index (κ3) is 3.17. The highest BCUT2D eigenvalue weighted by atomic mass is 79.9. The number of benzene rings is 1. The van der Waals surface area contributed by atoms with Crippen molar-refractivity contribution in [2.24, 2.45) is 5.84 Å². The van der Waals surface area contributed by atoms with Crippen molar-refractivity contribution in [3.05, 3.63) is 39.1 Å². The van der Waals surface area contributed by atoms with E-state index in [0.29, 0.717) is 10.3 Å². The molecule has 0 saturated heterocycles. The number of nitrogen functional groups attached to an aromatic ring is 1. The Morgan fingerprint density at radius 2 is 2.14 bits per heavy atom. The van der Waals surface area contributed by atoms with Crippen molar-refractivity contribution in [3.63, 3.8) is 0 Å². The number of hydrazine groups is 1. The van der Waals surface area contributed by atoms with Gasteiger partial charge < -0.3 is 14.9 Å². The number of hydrogen-bond donors (Lipinski definition) is 2. The molecular weight excluding hydrogens is 346 g/mol. The van der Waals surface area contributed by atoms with Gasteiger partial charge in [-0.15, -0.1) is 0 Å². The van der Waals surface area contributed by atoms with Crippen LogP contribution in [-0.2, 0) is 0 Å². The van der Waals surface area contributed by atoms with Crippen molar-refractivity contribution < 1.29 is 14.4 Å². The summed E-state index contributed by atoms with van der Waals surface area (Å²) in [7, 11) is 1.38. The minimum absolute atomic E-state index is 0.106. The molecule has 0 spiro atoms. The topological polar surface area (TPSA) is 125 Å². The predicted molar refractivity (Wildman–Crippen MR) is 77.3 cm³/mol. The summed E-state index contributed by atoms with van der Waals surface area (Å²) in [5.41, 5.74) is 2.27. The van der Waals surface area contributed by atoms with Crippen molar-refractivity contribution in [2.75, 3.05) is 12.5 Å². The zero-order valence-corrected chi connectivity index (χ0v) is 12.3. The van der Waals surface area contributed by atoms with Crippen molar-refractivity contribution in [1.29, 1.82) is 0 Å². The van der Waals surface area contributed by atoms with Crippen LogP contribution in [0.1, 0.15) is 0 Å². The molecule has 3 N–H and O–H groups in total. The Balaban J connectivity index is 2.38. The van der Waals surface area contributed by atoms with E-state index in [4.69, 9.17) is 15.3 Å². The highest BCUT2D eigenvalue weighted by Crippen LogP contribution is 2.37. The number of nitrogens with zero attached hydrogens (tertiary/aromatic N) is 3. The molecule has 0 aliphatic rings. The van der Waals surface area contributed by atoms with Crippen molar-refractivity contribution >= 4 is 27.4 Å². The lowest BCUT2D eigenvalue weighted by Gasteiger charge is -2.11. The van der Waals surface area contributed by atoms with Crippen LogP contribution in [0.2, 0.25) is 0 Å². The summed E-state index contributed by atoms with van der Waals surface area (Å²) in [4.78, 5) is 18.0. The molecular formula is C11H10BrN5O4. The SMILES string of the molecule is COc1cc([N+](=O)[O-])ccc1Oc1ncnc(NN)c1Br. The van der Waals surface area contributed by atoms with Crippen LogP contribution in [0.3, 0.4) is 0 Å². The number of ether oxygens (including phenoxy) is 2. The number of non-ortho nitro benzene ring substituents is 1. The average Bonchev–Trinajstić information content (AvgIpc) is 2.49. The molecule has 1 aromatic heterocycles. The zero-order chi connectivity index (χ0) is 15.4. The van der Waals surface area contributed by atoms with Gasteiger partial charge in [-0.2, -0.15) is 0 Å². The summed E-state index contributed by atoms with van der Waals surface area (Å²) in [6.07, 6.45) is 1.26. The molecule has 2 aromatic rings. The summed E-state index contributed by atoms with van der Waals surface area (Å²) < 4.78 is 11.1. The van der Waals surface area contributed by atoms with E-state index < -0.39 is 4.92 Å². The molecule has 9 nitrogen and oxygen atoms in total. The van der Waals surface area contributed by atoms with Gasteiger partial charge >= 0.3 is 0 Å². The fourth-order valence-corrected chi connectivity index (χ4v) is 1.88. The van der Waals surface area contributed by atoms with E-state index in [-0.39, 0.29) is 23.1 Å². The molecule has 10 heteroatoms. The highest BCUT2D eigenvalue weighted by Gasteiger charge is 2.16. The molecule has 0 radical (unpaired) electrons. The van der Waals surface area contributed by atoms with Gasteiger partial charge in [0.1, 0.15) is 10.8 Å². The van der Waals surface area contributed by atoms with E-state index in [0.717, 1.165) is 0 Å². The van der Waals surface area contributed by atoms with E-state index in [1.807, 2.05) is 0 Å². The van der Waals surface area contributed by atoms with Gasteiger partial charge in [0.05, 0.1) is 18.1 Å². The monoisotopic (exact) mass is 355 g/mol. The summed E-state index contributed by atoms with van der Waals surface area (Å²) in [5.74, 6) is 6.29. The Labute approximate surface area is 127 Å². The number of nitro benzene ring substituents is 1. The Kier molecular flexibility index (Phi) is 4.50. The number of methoxy groups -OCH3 is 1. The summed E-state index contributed by atoms with van der Waals surface area (Å²) >= 11 is 3.24. The molecule has 0 amide bonds. The first-order chi connectivity index (χ1) is 10.1. The first-order valence-electron chi connectivity index (χ1n) is 5.54. The number of nitrogens with two attached hydrogens (primary N) is 1. The van der Waals surface area contributed by atoms with Crippen LogP contribution in [0.4, 0.5) is 11.5 Å². The highest BCUT2D eigenvalue weighted by molar-refractivity contribution is 9.10. The van der Waals surface area contributed by atoms with Gasteiger partial charge in [0.15, 0.2) is 17.3 Å². The largest absolute Gasteiger partial charge is 0.493 e. The maximum absolute atomic E-state index is 10.7. The Hall–Kier alpha value is -2.46. The minimum Gasteiger partial charge on any atom is -0.493 e. The number of nitrogens with one attached hydrogen (secondary N) is 1. The molecule has 0 aliphatic carbocycles. The number of aromatic nitrogens is 2. The van der Waals surface area contributed by atoms with Gasteiger partial charge in [-0.1, -0.05) is 0 Å². The quantitative estimate of drug-likeness (QED) is 0.475. The molecule has 0 aliphatic heterocycles. The first kappa shape index (κ1) is 14.9. The van der Waals surface area contributed by atoms with E-state index in [9.17, 15) is 10.1 Å². The molecule has 0 saturated carbocycles. The maximum Gasteiger partial charge on any atom is 0.273 e. The Morgan fingerprint density at radius 1 is 1.38 bits per heavy atom. The maximum atomic E-state index is 10.7. The van der Waals surface area contributed by atoms with E-state index in [2.05, 4.69) is 31.3 Å². The second kappa shape index (κ2) is 6.33. The molecule has 1 heterocycles. The van der Waals surface area contributed by atoms with Gasteiger partial charge in [0.2, 0.25) is 5.88 Å². The van der Waals surface area contributed by atoms with Crippen molar-refractivity contribution in [2.45, 2.75) is 0 Å². The van der Waals surface area contributed by atoms with Crippen LogP contribution in [0.5, 0.6) is 17.4 Å². The normalized spacial score (nSPS) is 10.0. The molecule has 0 bridgehead atoms. The van der Waals surface area contributed by atoms with Crippen LogP contribution >= 0.6 is 15.9 Å². The molecule has 0 unspecified atom stereocenters. The molecule has 0 fully saturated rings. The van der Waals surface area contributed by atoms with Crippen LogP contribution in [-0.4, -0.2) is 22.0 Å². The fourth-order valence-electron chi connectivity index (χ4n) is 1.48. The second-order valence-electron chi connectivity index (χ2n) is 3.68. The van der Waals surface area contributed by atoms with E-state index in [1.54, 1.807) is 0 Å². The predicted octanol–water partition coefficient (Wildman–Crippen LogP) is 2.23. The third-order valence-electron chi connectivity index (χ3n) is 2.46. The molecule has 2 rings (SSSR count). The summed E-state index contributed by atoms with van der Waals surface area (Å²) in [5, 5.41) is 10.7. The standard InChI is InChI=1S/C11H10BrN5O4/c1-20-8-4-6(17(18)19)2-3-7(8)21-11-9(12)10(16-13)14-5-15-11/h2-5H,13H2,1H3,(H,14,15,16). The number of rotatable bonds is 5. The van der Waals surface area contributed by atoms with Gasteiger partial charge in [-0.3, -0.25) is 10.1 Å². The smallest absolute Gasteiger partial charge is 0.273 e. The average molecular weight is 356 g/mol. The number of hydrogen-bond acceptors (Lipinski definition) is 8. The lowest BCUT2D eigenvalue weighted by molar-refractivity contribution is -0.384. The Bertz CT molecular complexity index is 682. The molecule has 0 atom stereocenters. The number of halogens is 1. The molecule has 110 valence electrons. The molecule has 21 heavy (non-hydrogen) atoms. The Morgan fingerprint density at radius 3 is 2.76 bits per heavy atom. The first-order valence-corrected chi connectivity index (χ1v) is 6.33. The number of nitro groups is 1. The van der Waals surface area contributed by atoms with Crippen LogP contribution in [0.15, 0.2) is 29.0 Å². The van der Waals surface area contributed by atoms with Crippen molar-refractivity contribution in [1.82, 2.24) is 9.97 Å².